The van der Waals surface area contributed by atoms with Gasteiger partial charge in [0, 0.05) is 31.0 Å². The first-order valence-corrected chi connectivity index (χ1v) is 10.7. The van der Waals surface area contributed by atoms with E-state index in [0.717, 1.165) is 9.79 Å². The van der Waals surface area contributed by atoms with E-state index in [1.54, 1.807) is 48.5 Å². The molecule has 3 aromatic carbocycles. The van der Waals surface area contributed by atoms with Crippen molar-refractivity contribution in [3.8, 4) is 0 Å². The first-order valence-electron chi connectivity index (χ1n) is 8.32. The van der Waals surface area contributed by atoms with Crippen molar-refractivity contribution >= 4 is 58.3 Å². The molecule has 0 radical (unpaired) electrons. The van der Waals surface area contributed by atoms with Crippen LogP contribution in [0.1, 0.15) is 20.7 Å². The van der Waals surface area contributed by atoms with Crippen LogP contribution in [0.3, 0.4) is 0 Å². The van der Waals surface area contributed by atoms with Gasteiger partial charge in [-0.25, -0.2) is 0 Å². The SMILES string of the molecule is O=C1C(Sc2ccc(Cl)cc2)=C(Sc2cccc(Cl)c2)C(=O)c2ccccc21. The molecule has 1 aliphatic rings. The van der Waals surface area contributed by atoms with Gasteiger partial charge >= 0.3 is 0 Å². The van der Waals surface area contributed by atoms with Gasteiger partial charge in [-0.05, 0) is 42.5 Å². The molecule has 0 aliphatic heterocycles. The second-order valence-corrected chi connectivity index (χ2v) is 9.02. The van der Waals surface area contributed by atoms with Crippen LogP contribution in [0.4, 0.5) is 0 Å². The van der Waals surface area contributed by atoms with E-state index < -0.39 is 0 Å². The van der Waals surface area contributed by atoms with Gasteiger partial charge in [-0.3, -0.25) is 9.59 Å². The minimum atomic E-state index is -0.156. The fourth-order valence-electron chi connectivity index (χ4n) is 2.78. The summed E-state index contributed by atoms with van der Waals surface area (Å²) in [6.45, 7) is 0. The summed E-state index contributed by atoms with van der Waals surface area (Å²) in [7, 11) is 0. The molecule has 0 unspecified atom stereocenters. The number of Topliss-reactive ketones (excluding diaryl/α,β-unsaturated/α-hetero) is 2. The van der Waals surface area contributed by atoms with E-state index in [0.29, 0.717) is 31.0 Å². The van der Waals surface area contributed by atoms with Gasteiger partial charge in [-0.15, -0.1) is 0 Å². The van der Waals surface area contributed by atoms with Gasteiger partial charge in [-0.2, -0.15) is 0 Å². The molecule has 1 aliphatic carbocycles. The summed E-state index contributed by atoms with van der Waals surface area (Å²) in [5.74, 6) is -0.309. The molecule has 0 bridgehead atoms. The predicted molar refractivity (Wildman–Crippen MR) is 117 cm³/mol. The van der Waals surface area contributed by atoms with Crippen LogP contribution in [0.5, 0.6) is 0 Å². The molecule has 138 valence electrons. The number of hydrogen-bond donors (Lipinski definition) is 0. The van der Waals surface area contributed by atoms with Gasteiger partial charge in [0.05, 0.1) is 9.81 Å². The lowest BCUT2D eigenvalue weighted by Gasteiger charge is -2.20. The topological polar surface area (TPSA) is 34.1 Å². The van der Waals surface area contributed by atoms with Crippen LogP contribution in [0.15, 0.2) is 92.4 Å². The Hall–Kier alpha value is -1.98. The minimum absolute atomic E-state index is 0.153. The van der Waals surface area contributed by atoms with Crippen LogP contribution in [0.25, 0.3) is 0 Å². The largest absolute Gasteiger partial charge is 0.288 e. The van der Waals surface area contributed by atoms with Crippen molar-refractivity contribution in [2.45, 2.75) is 9.79 Å². The van der Waals surface area contributed by atoms with Crippen molar-refractivity contribution in [1.82, 2.24) is 0 Å². The first kappa shape index (κ1) is 19.3. The third-order valence-corrected chi connectivity index (χ3v) is 6.89. The van der Waals surface area contributed by atoms with Crippen molar-refractivity contribution in [2.75, 3.05) is 0 Å². The highest BCUT2D eigenvalue weighted by Gasteiger charge is 2.33. The molecule has 0 N–H and O–H groups in total. The summed E-state index contributed by atoms with van der Waals surface area (Å²) in [5.41, 5.74) is 0.858. The summed E-state index contributed by atoms with van der Waals surface area (Å²) in [4.78, 5) is 28.9. The van der Waals surface area contributed by atoms with Crippen molar-refractivity contribution in [1.29, 1.82) is 0 Å². The van der Waals surface area contributed by atoms with E-state index in [-0.39, 0.29) is 11.6 Å². The molecule has 2 nitrogen and oxygen atoms in total. The number of hydrogen-bond acceptors (Lipinski definition) is 4. The Kier molecular flexibility index (Phi) is 5.65. The van der Waals surface area contributed by atoms with E-state index in [4.69, 9.17) is 23.2 Å². The number of carbonyl (C=O) groups is 2. The minimum Gasteiger partial charge on any atom is -0.288 e. The highest BCUT2D eigenvalue weighted by Crippen LogP contribution is 2.43. The third-order valence-electron chi connectivity index (χ3n) is 4.08. The number of ketones is 2. The number of carbonyl (C=O) groups excluding carboxylic acids is 2. The Morgan fingerprint density at radius 1 is 0.571 bits per heavy atom. The van der Waals surface area contributed by atoms with Crippen molar-refractivity contribution in [3.05, 3.63) is 104 Å². The van der Waals surface area contributed by atoms with Gasteiger partial charge < -0.3 is 0 Å². The second-order valence-electron chi connectivity index (χ2n) is 5.98. The zero-order valence-corrected chi connectivity index (χ0v) is 17.5. The Balaban J connectivity index is 1.81. The molecular weight excluding hydrogens is 431 g/mol. The van der Waals surface area contributed by atoms with Gasteiger partial charge in [-0.1, -0.05) is 77.1 Å². The molecule has 0 heterocycles. The predicted octanol–water partition coefficient (Wildman–Crippen LogP) is 7.17. The summed E-state index contributed by atoms with van der Waals surface area (Å²) >= 11 is 14.6. The lowest BCUT2D eigenvalue weighted by atomic mass is 9.94. The first-order chi connectivity index (χ1) is 13.5. The maximum atomic E-state index is 13.2. The highest BCUT2D eigenvalue weighted by atomic mass is 35.5. The normalized spacial score (nSPS) is 13.6. The molecule has 3 aromatic rings. The van der Waals surface area contributed by atoms with Crippen LogP contribution < -0.4 is 0 Å². The molecule has 0 aromatic heterocycles. The zero-order chi connectivity index (χ0) is 19.7. The van der Waals surface area contributed by atoms with Crippen molar-refractivity contribution in [3.63, 3.8) is 0 Å². The zero-order valence-electron chi connectivity index (χ0n) is 14.3. The molecule has 4 rings (SSSR count). The van der Waals surface area contributed by atoms with E-state index >= 15 is 0 Å². The van der Waals surface area contributed by atoms with Crippen LogP contribution >= 0.6 is 46.7 Å². The molecule has 6 heteroatoms. The van der Waals surface area contributed by atoms with Gasteiger partial charge in [0.2, 0.25) is 11.6 Å². The number of allylic oxidation sites excluding steroid dienone is 2. The van der Waals surface area contributed by atoms with Gasteiger partial charge in [0.15, 0.2) is 0 Å². The summed E-state index contributed by atoms with van der Waals surface area (Å²) in [6.07, 6.45) is 0. The lowest BCUT2D eigenvalue weighted by molar-refractivity contribution is 0.0988. The molecule has 0 fully saturated rings. The molecule has 0 atom stereocenters. The standard InChI is InChI=1S/C22H12Cl2O2S2/c23-13-8-10-15(11-9-13)27-21-19(25)17-6-1-2-7-18(17)20(26)22(21)28-16-5-3-4-14(24)12-16/h1-12H. The Morgan fingerprint density at radius 2 is 1.14 bits per heavy atom. The molecule has 0 saturated heterocycles. The van der Waals surface area contributed by atoms with E-state index in [9.17, 15) is 9.59 Å². The number of thioether (sulfide) groups is 2. The molecule has 28 heavy (non-hydrogen) atoms. The van der Waals surface area contributed by atoms with E-state index in [2.05, 4.69) is 0 Å². The van der Waals surface area contributed by atoms with Gasteiger partial charge in [0.1, 0.15) is 0 Å². The van der Waals surface area contributed by atoms with Crippen LogP contribution in [0.2, 0.25) is 10.0 Å². The van der Waals surface area contributed by atoms with Crippen LogP contribution in [-0.4, -0.2) is 11.6 Å². The quantitative estimate of drug-likeness (QED) is 0.428. The van der Waals surface area contributed by atoms with Gasteiger partial charge in [0.25, 0.3) is 0 Å². The molecular formula is C22H12Cl2O2S2. The average molecular weight is 443 g/mol. The maximum absolute atomic E-state index is 13.2. The lowest BCUT2D eigenvalue weighted by Crippen LogP contribution is -2.19. The highest BCUT2D eigenvalue weighted by molar-refractivity contribution is 8.08. The maximum Gasteiger partial charge on any atom is 0.201 e. The summed E-state index contributed by atoms with van der Waals surface area (Å²) < 4.78 is 0. The smallest absolute Gasteiger partial charge is 0.201 e. The number of benzene rings is 3. The van der Waals surface area contributed by atoms with Crippen LogP contribution in [0, 0.1) is 0 Å². The Morgan fingerprint density at radius 3 is 1.71 bits per heavy atom. The summed E-state index contributed by atoms with van der Waals surface area (Å²) in [6, 6.07) is 21.3. The number of halogens is 2. The van der Waals surface area contributed by atoms with Crippen molar-refractivity contribution in [2.24, 2.45) is 0 Å². The second kappa shape index (κ2) is 8.18. The third kappa shape index (κ3) is 3.91. The number of rotatable bonds is 4. The average Bonchev–Trinajstić information content (AvgIpc) is 2.70. The van der Waals surface area contributed by atoms with E-state index in [1.807, 2.05) is 24.3 Å². The van der Waals surface area contributed by atoms with E-state index in [1.165, 1.54) is 23.5 Å². The molecule has 0 saturated carbocycles. The molecule has 0 amide bonds. The fourth-order valence-corrected chi connectivity index (χ4v) is 5.27. The number of fused-ring (bicyclic) bond motifs is 1. The fraction of sp³-hybridized carbons (Fsp3) is 0. The Labute approximate surface area is 180 Å². The van der Waals surface area contributed by atoms with Crippen molar-refractivity contribution < 1.29 is 9.59 Å². The summed E-state index contributed by atoms with van der Waals surface area (Å²) in [5, 5.41) is 1.19. The Bertz CT molecular complexity index is 1120. The van der Waals surface area contributed by atoms with Crippen LogP contribution in [-0.2, 0) is 0 Å². The monoisotopic (exact) mass is 442 g/mol. The molecule has 0 spiro atoms.